The van der Waals surface area contributed by atoms with E-state index >= 15 is 0 Å². The van der Waals surface area contributed by atoms with E-state index in [-0.39, 0.29) is 23.6 Å². The number of aromatic nitrogens is 4. The van der Waals surface area contributed by atoms with Crippen LogP contribution in [0, 0.1) is 5.92 Å². The number of ether oxygens (including phenoxy) is 1. The second-order valence-electron chi connectivity index (χ2n) is 7.23. The summed E-state index contributed by atoms with van der Waals surface area (Å²) in [6.07, 6.45) is 0.765. The molecular weight excluding hydrogens is 390 g/mol. The summed E-state index contributed by atoms with van der Waals surface area (Å²) in [5.74, 6) is -0.546. The lowest BCUT2D eigenvalue weighted by Crippen LogP contribution is -2.40. The van der Waals surface area contributed by atoms with Crippen molar-refractivity contribution in [1.82, 2.24) is 24.0 Å². The third kappa shape index (κ3) is 4.02. The summed E-state index contributed by atoms with van der Waals surface area (Å²) >= 11 is 0. The number of nitrogens with zero attached hydrogens (tertiary/aromatic N) is 4. The molecule has 30 heavy (non-hydrogen) atoms. The van der Waals surface area contributed by atoms with Crippen molar-refractivity contribution in [2.24, 2.45) is 13.0 Å². The Labute approximate surface area is 171 Å². The van der Waals surface area contributed by atoms with E-state index in [9.17, 15) is 19.2 Å². The highest BCUT2D eigenvalue weighted by Gasteiger charge is 2.25. The standard InChI is InChI=1S/C20H23N5O5/c1-13(2)10-24-17-16(18(28)23(3)20(24)29)25(11-22-17)19(14-7-5-4-6-8-14)30-15(27)9-21-12-26/h4-8,11-13,19H,9-10H2,1-3H3,(H,21,26). The molecule has 1 aromatic carbocycles. The van der Waals surface area contributed by atoms with Crippen molar-refractivity contribution in [2.45, 2.75) is 26.6 Å². The van der Waals surface area contributed by atoms with Crippen LogP contribution in [-0.2, 0) is 27.9 Å². The van der Waals surface area contributed by atoms with Gasteiger partial charge in [0.05, 0.1) is 0 Å². The van der Waals surface area contributed by atoms with Gasteiger partial charge in [0.1, 0.15) is 12.9 Å². The number of rotatable bonds is 8. The van der Waals surface area contributed by atoms with Crippen molar-refractivity contribution in [3.05, 3.63) is 63.1 Å². The van der Waals surface area contributed by atoms with Crippen LogP contribution in [0.2, 0.25) is 0 Å². The maximum atomic E-state index is 13.0. The molecule has 10 nitrogen and oxygen atoms in total. The molecule has 2 heterocycles. The average Bonchev–Trinajstić information content (AvgIpc) is 3.17. The molecule has 1 atom stereocenters. The van der Waals surface area contributed by atoms with Gasteiger partial charge >= 0.3 is 11.7 Å². The lowest BCUT2D eigenvalue weighted by molar-refractivity contribution is -0.150. The highest BCUT2D eigenvalue weighted by molar-refractivity contribution is 5.75. The summed E-state index contributed by atoms with van der Waals surface area (Å²) in [7, 11) is 1.40. The molecule has 0 aliphatic rings. The van der Waals surface area contributed by atoms with E-state index in [1.807, 2.05) is 19.9 Å². The minimum atomic E-state index is -1.00. The lowest BCUT2D eigenvalue weighted by Gasteiger charge is -2.20. The van der Waals surface area contributed by atoms with Crippen LogP contribution in [-0.4, -0.2) is 37.6 Å². The summed E-state index contributed by atoms with van der Waals surface area (Å²) < 4.78 is 9.45. The van der Waals surface area contributed by atoms with E-state index in [1.54, 1.807) is 24.3 Å². The van der Waals surface area contributed by atoms with E-state index in [0.717, 1.165) is 4.57 Å². The summed E-state index contributed by atoms with van der Waals surface area (Å²) in [6.45, 7) is 3.96. The Morgan fingerprint density at radius 2 is 1.93 bits per heavy atom. The molecule has 1 N–H and O–H groups in total. The number of amides is 1. The van der Waals surface area contributed by atoms with Crippen LogP contribution < -0.4 is 16.6 Å². The Morgan fingerprint density at radius 1 is 1.23 bits per heavy atom. The molecule has 0 saturated carbocycles. The van der Waals surface area contributed by atoms with Crippen LogP contribution in [0.4, 0.5) is 0 Å². The van der Waals surface area contributed by atoms with E-state index in [0.29, 0.717) is 18.5 Å². The van der Waals surface area contributed by atoms with Crippen molar-refractivity contribution >= 4 is 23.5 Å². The van der Waals surface area contributed by atoms with Crippen LogP contribution in [0.3, 0.4) is 0 Å². The molecule has 3 rings (SSSR count). The zero-order valence-electron chi connectivity index (χ0n) is 16.9. The topological polar surface area (TPSA) is 117 Å². The molecule has 158 valence electrons. The average molecular weight is 413 g/mol. The number of carbonyl (C=O) groups is 2. The van der Waals surface area contributed by atoms with Gasteiger partial charge in [-0.15, -0.1) is 0 Å². The molecule has 10 heteroatoms. The Hall–Kier alpha value is -3.69. The number of hydrogen-bond acceptors (Lipinski definition) is 6. The van der Waals surface area contributed by atoms with Crippen LogP contribution >= 0.6 is 0 Å². The third-order valence-corrected chi connectivity index (χ3v) is 4.51. The first kappa shape index (κ1) is 21.0. The number of carbonyl (C=O) groups excluding carboxylic acids is 2. The molecule has 0 aliphatic carbocycles. The Morgan fingerprint density at radius 3 is 2.57 bits per heavy atom. The monoisotopic (exact) mass is 413 g/mol. The SMILES string of the molecule is CC(C)Cn1c(=O)n(C)c(=O)c2c1ncn2C(OC(=O)CNC=O)c1ccccc1. The predicted molar refractivity (Wildman–Crippen MR) is 109 cm³/mol. The van der Waals surface area contributed by atoms with Gasteiger partial charge in [0, 0.05) is 19.2 Å². The van der Waals surface area contributed by atoms with Crippen molar-refractivity contribution < 1.29 is 14.3 Å². The van der Waals surface area contributed by atoms with Gasteiger partial charge in [-0.2, -0.15) is 0 Å². The quantitative estimate of drug-likeness (QED) is 0.422. The molecule has 1 amide bonds. The van der Waals surface area contributed by atoms with Crippen LogP contribution in [0.15, 0.2) is 46.2 Å². The maximum absolute atomic E-state index is 13.0. The van der Waals surface area contributed by atoms with E-state index in [1.165, 1.54) is 22.5 Å². The van der Waals surface area contributed by atoms with Crippen molar-refractivity contribution in [2.75, 3.05) is 6.54 Å². The van der Waals surface area contributed by atoms with Gasteiger partial charge in [-0.25, -0.2) is 9.78 Å². The van der Waals surface area contributed by atoms with Crippen LogP contribution in [0.25, 0.3) is 11.2 Å². The minimum absolute atomic E-state index is 0.141. The second kappa shape index (κ2) is 8.76. The Bertz CT molecular complexity index is 1180. The summed E-state index contributed by atoms with van der Waals surface area (Å²) in [4.78, 5) is 52.6. The summed E-state index contributed by atoms with van der Waals surface area (Å²) in [5.41, 5.74) is -0.0483. The molecule has 1 unspecified atom stereocenters. The van der Waals surface area contributed by atoms with Gasteiger partial charge in [-0.1, -0.05) is 44.2 Å². The van der Waals surface area contributed by atoms with Crippen molar-refractivity contribution in [3.8, 4) is 0 Å². The predicted octanol–water partition coefficient (Wildman–Crippen LogP) is 0.389. The normalized spacial score (nSPS) is 12.1. The molecular formula is C20H23N5O5. The fourth-order valence-corrected chi connectivity index (χ4v) is 3.17. The maximum Gasteiger partial charge on any atom is 0.332 e. The van der Waals surface area contributed by atoms with Crippen molar-refractivity contribution in [3.63, 3.8) is 0 Å². The fourth-order valence-electron chi connectivity index (χ4n) is 3.17. The van der Waals surface area contributed by atoms with Crippen LogP contribution in [0.5, 0.6) is 0 Å². The molecule has 0 aliphatic heterocycles. The molecule has 0 spiro atoms. The second-order valence-corrected chi connectivity index (χ2v) is 7.23. The van der Waals surface area contributed by atoms with Gasteiger partial charge in [0.15, 0.2) is 11.2 Å². The van der Waals surface area contributed by atoms with E-state index in [2.05, 4.69) is 10.3 Å². The number of esters is 1. The van der Waals surface area contributed by atoms with Gasteiger partial charge in [0.2, 0.25) is 12.6 Å². The van der Waals surface area contributed by atoms with Gasteiger partial charge in [0.25, 0.3) is 5.56 Å². The first-order valence-corrected chi connectivity index (χ1v) is 9.43. The van der Waals surface area contributed by atoms with E-state index < -0.39 is 23.4 Å². The van der Waals surface area contributed by atoms with Crippen LogP contribution in [0.1, 0.15) is 25.6 Å². The molecule has 0 fully saturated rings. The van der Waals surface area contributed by atoms with Crippen molar-refractivity contribution in [1.29, 1.82) is 0 Å². The lowest BCUT2D eigenvalue weighted by atomic mass is 10.2. The number of benzene rings is 1. The zero-order valence-corrected chi connectivity index (χ0v) is 16.9. The van der Waals surface area contributed by atoms with Gasteiger partial charge in [-0.05, 0) is 5.92 Å². The Balaban J connectivity index is 2.21. The highest BCUT2D eigenvalue weighted by Crippen LogP contribution is 2.23. The fraction of sp³-hybridized carbons (Fsp3) is 0.350. The first-order valence-electron chi connectivity index (χ1n) is 9.43. The zero-order chi connectivity index (χ0) is 21.8. The van der Waals surface area contributed by atoms with E-state index in [4.69, 9.17) is 4.74 Å². The first-order chi connectivity index (χ1) is 14.3. The molecule has 0 bridgehead atoms. The van der Waals surface area contributed by atoms with Gasteiger partial charge in [-0.3, -0.25) is 28.1 Å². The third-order valence-electron chi connectivity index (χ3n) is 4.51. The molecule has 2 aromatic heterocycles. The number of fused-ring (bicyclic) bond motifs is 1. The summed E-state index contributed by atoms with van der Waals surface area (Å²) in [6, 6.07) is 8.83. The number of imidazole rings is 1. The van der Waals surface area contributed by atoms with Gasteiger partial charge < -0.3 is 10.1 Å². The smallest absolute Gasteiger partial charge is 0.332 e. The molecule has 0 saturated heterocycles. The highest BCUT2D eigenvalue weighted by atomic mass is 16.6. The molecule has 3 aromatic rings. The number of nitrogens with one attached hydrogen (secondary N) is 1. The number of hydrogen-bond donors (Lipinski definition) is 1. The largest absolute Gasteiger partial charge is 0.435 e. The minimum Gasteiger partial charge on any atom is -0.435 e. The summed E-state index contributed by atoms with van der Waals surface area (Å²) in [5, 5.41) is 2.25. The molecule has 0 radical (unpaired) electrons. The Kier molecular flexibility index (Phi) is 6.14.